The molecule has 4 heteroatoms. The topological polar surface area (TPSA) is 23.6 Å². The zero-order valence-electron chi connectivity index (χ0n) is 20.9. The quantitative estimate of drug-likeness (QED) is 0.272. The Morgan fingerprint density at radius 1 is 0.833 bits per heavy atom. The predicted molar refractivity (Wildman–Crippen MR) is 150 cm³/mol. The number of hydrogen-bond acceptors (Lipinski definition) is 2. The van der Waals surface area contributed by atoms with Crippen molar-refractivity contribution in [2.75, 3.05) is 20.1 Å². The third kappa shape index (κ3) is 5.80. The monoisotopic (exact) mass is 496 g/mol. The summed E-state index contributed by atoms with van der Waals surface area (Å²) in [5.41, 5.74) is 5.37. The highest BCUT2D eigenvalue weighted by Crippen LogP contribution is 2.25. The van der Waals surface area contributed by atoms with E-state index in [2.05, 4.69) is 41.3 Å². The second-order valence-electron chi connectivity index (χ2n) is 9.91. The maximum Gasteiger partial charge on any atom is 0.253 e. The number of carbonyl (C=O) groups is 1. The van der Waals surface area contributed by atoms with Gasteiger partial charge in [0.25, 0.3) is 5.91 Å². The van der Waals surface area contributed by atoms with E-state index in [9.17, 15) is 4.79 Å². The fourth-order valence-corrected chi connectivity index (χ4v) is 5.31. The zero-order valence-corrected chi connectivity index (χ0v) is 21.7. The summed E-state index contributed by atoms with van der Waals surface area (Å²) in [6.45, 7) is 3.99. The Bertz CT molecular complexity index is 1320. The highest BCUT2D eigenvalue weighted by molar-refractivity contribution is 6.30. The van der Waals surface area contributed by atoms with Gasteiger partial charge in [-0.15, -0.1) is 0 Å². The molecule has 0 spiro atoms. The molecule has 1 heterocycles. The van der Waals surface area contributed by atoms with E-state index >= 15 is 0 Å². The molecule has 5 rings (SSSR count). The molecule has 0 N–H and O–H groups in total. The van der Waals surface area contributed by atoms with Crippen LogP contribution in [0.5, 0.6) is 0 Å². The number of likely N-dealkylation sites (tertiary alicyclic amines) is 1. The molecule has 0 atom stereocenters. The number of carbonyl (C=O) groups excluding carboxylic acids is 1. The van der Waals surface area contributed by atoms with Crippen LogP contribution in [0.25, 0.3) is 21.9 Å². The number of hydrogen-bond donors (Lipinski definition) is 0. The normalized spacial score (nSPS) is 14.5. The molecule has 0 radical (unpaired) electrons. The second kappa shape index (κ2) is 11.3. The minimum Gasteiger partial charge on any atom is -0.337 e. The lowest BCUT2D eigenvalue weighted by Gasteiger charge is -2.21. The molecule has 4 aromatic carbocycles. The van der Waals surface area contributed by atoms with Crippen LogP contribution in [0.2, 0.25) is 5.02 Å². The molecule has 0 aliphatic carbocycles. The van der Waals surface area contributed by atoms with Crippen molar-refractivity contribution < 1.29 is 4.79 Å². The average Bonchev–Trinajstić information content (AvgIpc) is 3.17. The standard InChI is InChI=1S/C32H33ClN2O/c1-34(32(36)27-12-10-25(11-13-27)26-14-16-30(33)17-15-26)23-29-8-6-7-28-21-24(9-18-31(28)29)22-35-19-4-2-3-5-20-35/h6-18,21H,2-5,19-20,22-23H2,1H3. The van der Waals surface area contributed by atoms with Gasteiger partial charge in [-0.05, 0) is 89.3 Å². The van der Waals surface area contributed by atoms with Gasteiger partial charge in [-0.3, -0.25) is 9.69 Å². The SMILES string of the molecule is CN(Cc1cccc2cc(CN3CCCCCC3)ccc12)C(=O)c1ccc(-c2ccc(Cl)cc2)cc1. The molecule has 1 fully saturated rings. The van der Waals surface area contributed by atoms with Crippen molar-refractivity contribution in [2.24, 2.45) is 0 Å². The van der Waals surface area contributed by atoms with Gasteiger partial charge in [-0.2, -0.15) is 0 Å². The third-order valence-corrected chi connectivity index (χ3v) is 7.46. The first-order valence-corrected chi connectivity index (χ1v) is 13.3. The van der Waals surface area contributed by atoms with Gasteiger partial charge in [0, 0.05) is 30.7 Å². The van der Waals surface area contributed by atoms with E-state index in [4.69, 9.17) is 11.6 Å². The maximum absolute atomic E-state index is 13.2. The lowest BCUT2D eigenvalue weighted by atomic mass is 10.0. The van der Waals surface area contributed by atoms with Gasteiger partial charge in [0.05, 0.1) is 0 Å². The first-order valence-electron chi connectivity index (χ1n) is 12.9. The molecular formula is C32H33ClN2O. The molecule has 4 aromatic rings. The minimum atomic E-state index is 0.0208. The highest BCUT2D eigenvalue weighted by atomic mass is 35.5. The summed E-state index contributed by atoms with van der Waals surface area (Å²) in [4.78, 5) is 17.6. The summed E-state index contributed by atoms with van der Waals surface area (Å²) >= 11 is 6.00. The highest BCUT2D eigenvalue weighted by Gasteiger charge is 2.15. The van der Waals surface area contributed by atoms with Crippen LogP contribution in [0.1, 0.15) is 47.2 Å². The number of amides is 1. The van der Waals surface area contributed by atoms with Crippen LogP contribution in [-0.2, 0) is 13.1 Å². The van der Waals surface area contributed by atoms with E-state index in [0.29, 0.717) is 17.1 Å². The Labute approximate surface area is 219 Å². The zero-order chi connectivity index (χ0) is 24.9. The van der Waals surface area contributed by atoms with Gasteiger partial charge >= 0.3 is 0 Å². The fraction of sp³-hybridized carbons (Fsp3) is 0.281. The molecule has 0 unspecified atom stereocenters. The lowest BCUT2D eigenvalue weighted by Crippen LogP contribution is -2.26. The van der Waals surface area contributed by atoms with Gasteiger partial charge in [0.1, 0.15) is 0 Å². The van der Waals surface area contributed by atoms with E-state index in [-0.39, 0.29) is 5.91 Å². The molecule has 0 bridgehead atoms. The Morgan fingerprint density at radius 2 is 1.50 bits per heavy atom. The number of nitrogens with zero attached hydrogens (tertiary/aromatic N) is 2. The van der Waals surface area contributed by atoms with Gasteiger partial charge in [0.2, 0.25) is 0 Å². The molecule has 1 aliphatic rings. The van der Waals surface area contributed by atoms with Gasteiger partial charge in [0.15, 0.2) is 0 Å². The summed E-state index contributed by atoms with van der Waals surface area (Å²) in [7, 11) is 1.88. The molecule has 36 heavy (non-hydrogen) atoms. The van der Waals surface area contributed by atoms with E-state index in [1.165, 1.54) is 60.7 Å². The van der Waals surface area contributed by atoms with Crippen LogP contribution in [0.15, 0.2) is 84.9 Å². The first kappa shape index (κ1) is 24.5. The maximum atomic E-state index is 13.2. The average molecular weight is 497 g/mol. The minimum absolute atomic E-state index is 0.0208. The van der Waals surface area contributed by atoms with Crippen LogP contribution in [0.3, 0.4) is 0 Å². The van der Waals surface area contributed by atoms with Crippen LogP contribution in [-0.4, -0.2) is 35.8 Å². The first-order chi connectivity index (χ1) is 17.6. The van der Waals surface area contributed by atoms with Crippen molar-refractivity contribution in [3.63, 3.8) is 0 Å². The van der Waals surface area contributed by atoms with Gasteiger partial charge < -0.3 is 4.90 Å². The van der Waals surface area contributed by atoms with E-state index in [0.717, 1.165) is 17.7 Å². The number of rotatable bonds is 6. The van der Waals surface area contributed by atoms with E-state index in [1.54, 1.807) is 4.90 Å². The molecule has 184 valence electrons. The van der Waals surface area contributed by atoms with Crippen LogP contribution >= 0.6 is 11.6 Å². The number of fused-ring (bicyclic) bond motifs is 1. The Kier molecular flexibility index (Phi) is 7.69. The summed E-state index contributed by atoms with van der Waals surface area (Å²) in [5.74, 6) is 0.0208. The summed E-state index contributed by atoms with van der Waals surface area (Å²) in [6.07, 6.45) is 5.33. The van der Waals surface area contributed by atoms with Crippen molar-refractivity contribution in [3.05, 3.63) is 107 Å². The Balaban J connectivity index is 1.28. The summed E-state index contributed by atoms with van der Waals surface area (Å²) in [5, 5.41) is 3.18. The molecule has 0 saturated carbocycles. The van der Waals surface area contributed by atoms with E-state index in [1.807, 2.05) is 55.6 Å². The predicted octanol–water partition coefficient (Wildman–Crippen LogP) is 7.81. The summed E-state index contributed by atoms with van der Waals surface area (Å²) in [6, 6.07) is 28.8. The van der Waals surface area contributed by atoms with Crippen molar-refractivity contribution >= 4 is 28.3 Å². The van der Waals surface area contributed by atoms with E-state index < -0.39 is 0 Å². The Morgan fingerprint density at radius 3 is 2.19 bits per heavy atom. The third-order valence-electron chi connectivity index (χ3n) is 7.20. The summed E-state index contributed by atoms with van der Waals surface area (Å²) < 4.78 is 0. The molecular weight excluding hydrogens is 464 g/mol. The largest absolute Gasteiger partial charge is 0.337 e. The smallest absolute Gasteiger partial charge is 0.253 e. The molecule has 1 amide bonds. The fourth-order valence-electron chi connectivity index (χ4n) is 5.18. The number of benzene rings is 4. The lowest BCUT2D eigenvalue weighted by molar-refractivity contribution is 0.0785. The second-order valence-corrected chi connectivity index (χ2v) is 10.3. The van der Waals surface area contributed by atoms with Crippen molar-refractivity contribution in [3.8, 4) is 11.1 Å². The van der Waals surface area contributed by atoms with Crippen molar-refractivity contribution in [2.45, 2.75) is 38.8 Å². The van der Waals surface area contributed by atoms with Crippen molar-refractivity contribution in [1.82, 2.24) is 9.80 Å². The molecule has 3 nitrogen and oxygen atoms in total. The van der Waals surface area contributed by atoms with Gasteiger partial charge in [-0.25, -0.2) is 0 Å². The van der Waals surface area contributed by atoms with Gasteiger partial charge in [-0.1, -0.05) is 79.0 Å². The van der Waals surface area contributed by atoms with Crippen LogP contribution < -0.4 is 0 Å². The molecule has 1 aliphatic heterocycles. The van der Waals surface area contributed by atoms with Crippen LogP contribution in [0, 0.1) is 0 Å². The Hall–Kier alpha value is -3.14. The number of halogens is 1. The van der Waals surface area contributed by atoms with Crippen molar-refractivity contribution in [1.29, 1.82) is 0 Å². The molecule has 1 saturated heterocycles. The molecule has 0 aromatic heterocycles. The van der Waals surface area contributed by atoms with Crippen LogP contribution in [0.4, 0.5) is 0 Å².